The first kappa shape index (κ1) is 25.1. The number of ether oxygens (including phenoxy) is 3. The maximum absolute atomic E-state index is 13.8. The Balaban J connectivity index is 1.36. The lowest BCUT2D eigenvalue weighted by Gasteiger charge is -2.38. The lowest BCUT2D eigenvalue weighted by Crippen LogP contribution is -2.49. The van der Waals surface area contributed by atoms with Crippen LogP contribution < -0.4 is 14.2 Å². The van der Waals surface area contributed by atoms with Crippen LogP contribution in [-0.4, -0.2) is 54.1 Å². The molecule has 0 N–H and O–H groups in total. The van der Waals surface area contributed by atoms with Crippen LogP contribution in [0, 0.1) is 6.92 Å². The van der Waals surface area contributed by atoms with Crippen molar-refractivity contribution in [2.45, 2.75) is 45.7 Å². The van der Waals surface area contributed by atoms with Crippen LogP contribution in [0.2, 0.25) is 0 Å². The van der Waals surface area contributed by atoms with Gasteiger partial charge in [0, 0.05) is 23.0 Å². The number of carbonyl (C=O) groups excluding carboxylic acids is 2. The second-order valence-corrected chi connectivity index (χ2v) is 10.5. The molecule has 0 aliphatic carbocycles. The molecule has 0 saturated carbocycles. The van der Waals surface area contributed by atoms with E-state index in [2.05, 4.69) is 11.4 Å². The number of benzene rings is 2. The SMILES string of the molecule is CC[C@H](C)N(CC(=O)N1CCc2sccc2[C@@H]1COc1ccccc1C)C(=O)c1ccc2c(c1)OCO2. The van der Waals surface area contributed by atoms with Gasteiger partial charge < -0.3 is 24.0 Å². The smallest absolute Gasteiger partial charge is 0.254 e. The molecule has 0 saturated heterocycles. The van der Waals surface area contributed by atoms with Gasteiger partial charge in [-0.05, 0) is 73.5 Å². The summed E-state index contributed by atoms with van der Waals surface area (Å²) >= 11 is 1.72. The molecule has 2 amide bonds. The van der Waals surface area contributed by atoms with Crippen molar-refractivity contribution in [1.82, 2.24) is 9.80 Å². The number of hydrogen-bond donors (Lipinski definition) is 0. The largest absolute Gasteiger partial charge is 0.491 e. The summed E-state index contributed by atoms with van der Waals surface area (Å²) in [6.07, 6.45) is 1.54. The number of nitrogens with zero attached hydrogens (tertiary/aromatic N) is 2. The quantitative estimate of drug-likeness (QED) is 0.407. The van der Waals surface area contributed by atoms with Gasteiger partial charge in [0.05, 0.1) is 6.04 Å². The fourth-order valence-corrected chi connectivity index (χ4v) is 5.77. The molecule has 1 aromatic heterocycles. The Morgan fingerprint density at radius 1 is 1.16 bits per heavy atom. The van der Waals surface area contributed by atoms with Gasteiger partial charge in [-0.2, -0.15) is 0 Å². The minimum Gasteiger partial charge on any atom is -0.491 e. The lowest BCUT2D eigenvalue weighted by molar-refractivity contribution is -0.136. The van der Waals surface area contributed by atoms with Crippen LogP contribution in [0.25, 0.3) is 0 Å². The summed E-state index contributed by atoms with van der Waals surface area (Å²) in [5.41, 5.74) is 2.67. The number of amides is 2. The van der Waals surface area contributed by atoms with Crippen LogP contribution in [0.15, 0.2) is 53.9 Å². The number of aryl methyl sites for hydroxylation is 1. The summed E-state index contributed by atoms with van der Waals surface area (Å²) < 4.78 is 17.1. The van der Waals surface area contributed by atoms with E-state index in [0.29, 0.717) is 30.2 Å². The van der Waals surface area contributed by atoms with Crippen molar-refractivity contribution in [3.8, 4) is 17.2 Å². The van der Waals surface area contributed by atoms with Crippen LogP contribution >= 0.6 is 11.3 Å². The number of fused-ring (bicyclic) bond motifs is 2. The molecule has 0 radical (unpaired) electrons. The van der Waals surface area contributed by atoms with Gasteiger partial charge in [0.1, 0.15) is 18.9 Å². The molecule has 8 heteroatoms. The molecule has 0 unspecified atom stereocenters. The van der Waals surface area contributed by atoms with E-state index in [-0.39, 0.29) is 37.2 Å². The second-order valence-electron chi connectivity index (χ2n) is 9.49. The van der Waals surface area contributed by atoms with Crippen LogP contribution in [0.4, 0.5) is 0 Å². The van der Waals surface area contributed by atoms with Gasteiger partial charge in [-0.1, -0.05) is 25.1 Å². The van der Waals surface area contributed by atoms with E-state index < -0.39 is 0 Å². The molecule has 7 nitrogen and oxygen atoms in total. The predicted octanol–water partition coefficient (Wildman–Crippen LogP) is 5.23. The summed E-state index contributed by atoms with van der Waals surface area (Å²) in [5, 5.41) is 2.08. The highest BCUT2D eigenvalue weighted by Gasteiger charge is 2.34. The maximum atomic E-state index is 13.8. The highest BCUT2D eigenvalue weighted by molar-refractivity contribution is 7.10. The van der Waals surface area contributed by atoms with Gasteiger partial charge in [0.25, 0.3) is 5.91 Å². The third kappa shape index (κ3) is 5.16. The fraction of sp³-hybridized carbons (Fsp3) is 0.379. The zero-order valence-electron chi connectivity index (χ0n) is 21.4. The molecule has 3 aromatic rings. The summed E-state index contributed by atoms with van der Waals surface area (Å²) in [7, 11) is 0. The van der Waals surface area contributed by atoms with E-state index in [1.54, 1.807) is 34.4 Å². The van der Waals surface area contributed by atoms with Crippen LogP contribution in [-0.2, 0) is 11.2 Å². The summed E-state index contributed by atoms with van der Waals surface area (Å²) in [4.78, 5) is 32.2. The van der Waals surface area contributed by atoms with E-state index in [4.69, 9.17) is 14.2 Å². The summed E-state index contributed by atoms with van der Waals surface area (Å²) in [5.74, 6) is 1.72. The molecule has 0 bridgehead atoms. The Kier molecular flexibility index (Phi) is 7.37. The average Bonchev–Trinajstić information content (AvgIpc) is 3.59. The molecule has 37 heavy (non-hydrogen) atoms. The highest BCUT2D eigenvalue weighted by atomic mass is 32.1. The topological polar surface area (TPSA) is 68.3 Å². The van der Waals surface area contributed by atoms with E-state index in [0.717, 1.165) is 29.7 Å². The molecular formula is C29H32N2O5S. The molecule has 0 spiro atoms. The van der Waals surface area contributed by atoms with E-state index in [9.17, 15) is 9.59 Å². The summed E-state index contributed by atoms with van der Waals surface area (Å²) in [6, 6.07) is 14.9. The standard InChI is InChI=1S/C29H32N2O5S/c1-4-20(3)31(29(33)21-9-10-25-26(15-21)36-18-35-25)16-28(32)30-13-11-27-22(12-14-37-27)23(30)17-34-24-8-6-5-7-19(24)2/h5-10,12,14-15,20,23H,4,11,13,16-18H2,1-3H3/t20-,23-/m0/s1. The minimum absolute atomic E-state index is 0.00260. The second kappa shape index (κ2) is 10.8. The summed E-state index contributed by atoms with van der Waals surface area (Å²) in [6.45, 7) is 7.12. The average molecular weight is 521 g/mol. The van der Waals surface area contributed by atoms with Crippen molar-refractivity contribution in [2.75, 3.05) is 26.5 Å². The Morgan fingerprint density at radius 2 is 1.97 bits per heavy atom. The molecule has 3 heterocycles. The normalized spacial score (nSPS) is 16.7. The molecule has 0 fully saturated rings. The fourth-order valence-electron chi connectivity index (χ4n) is 4.84. The lowest BCUT2D eigenvalue weighted by atomic mass is 10.00. The van der Waals surface area contributed by atoms with Crippen LogP contribution in [0.5, 0.6) is 17.2 Å². The Bertz CT molecular complexity index is 1290. The molecule has 2 atom stereocenters. The van der Waals surface area contributed by atoms with Crippen molar-refractivity contribution < 1.29 is 23.8 Å². The van der Waals surface area contributed by atoms with E-state index in [1.807, 2.05) is 49.9 Å². The molecular weight excluding hydrogens is 488 g/mol. The zero-order valence-corrected chi connectivity index (χ0v) is 22.3. The Labute approximate surface area is 221 Å². The van der Waals surface area contributed by atoms with Gasteiger partial charge in [-0.3, -0.25) is 9.59 Å². The number of thiophene rings is 1. The third-order valence-electron chi connectivity index (χ3n) is 7.21. The number of hydrogen-bond acceptors (Lipinski definition) is 6. The monoisotopic (exact) mass is 520 g/mol. The minimum atomic E-state index is -0.207. The van der Waals surface area contributed by atoms with Crippen molar-refractivity contribution >= 4 is 23.2 Å². The molecule has 194 valence electrons. The molecule has 5 rings (SSSR count). The third-order valence-corrected chi connectivity index (χ3v) is 8.21. The van der Waals surface area contributed by atoms with Gasteiger partial charge in [-0.25, -0.2) is 0 Å². The van der Waals surface area contributed by atoms with Gasteiger partial charge in [-0.15, -0.1) is 11.3 Å². The Hall–Kier alpha value is -3.52. The van der Waals surface area contributed by atoms with Crippen molar-refractivity contribution in [3.63, 3.8) is 0 Å². The first-order valence-electron chi connectivity index (χ1n) is 12.7. The van der Waals surface area contributed by atoms with Crippen molar-refractivity contribution in [2.24, 2.45) is 0 Å². The van der Waals surface area contributed by atoms with E-state index in [1.165, 1.54) is 4.88 Å². The molecule has 2 aliphatic rings. The Morgan fingerprint density at radius 3 is 2.78 bits per heavy atom. The van der Waals surface area contributed by atoms with Crippen LogP contribution in [0.1, 0.15) is 52.7 Å². The van der Waals surface area contributed by atoms with Gasteiger partial charge >= 0.3 is 0 Å². The highest BCUT2D eigenvalue weighted by Crippen LogP contribution is 2.35. The number of para-hydroxylation sites is 1. The van der Waals surface area contributed by atoms with Crippen LogP contribution in [0.3, 0.4) is 0 Å². The van der Waals surface area contributed by atoms with E-state index >= 15 is 0 Å². The molecule has 2 aromatic carbocycles. The number of carbonyl (C=O) groups is 2. The molecule has 2 aliphatic heterocycles. The van der Waals surface area contributed by atoms with Gasteiger partial charge in [0.15, 0.2) is 11.5 Å². The number of rotatable bonds is 8. The predicted molar refractivity (Wildman–Crippen MR) is 143 cm³/mol. The zero-order chi connectivity index (χ0) is 25.9. The van der Waals surface area contributed by atoms with Gasteiger partial charge in [0.2, 0.25) is 12.7 Å². The maximum Gasteiger partial charge on any atom is 0.254 e. The van der Waals surface area contributed by atoms with Crippen molar-refractivity contribution in [3.05, 3.63) is 75.5 Å². The van der Waals surface area contributed by atoms with Crippen molar-refractivity contribution in [1.29, 1.82) is 0 Å². The first-order chi connectivity index (χ1) is 18.0. The first-order valence-corrected chi connectivity index (χ1v) is 13.6.